The number of hydrogen-bond acceptors (Lipinski definition) is 3. The van der Waals surface area contributed by atoms with Crippen molar-refractivity contribution in [1.29, 1.82) is 0 Å². The standard InChI is InChI=1S/C12H19F7O3/c13-6-4-2-1-3-5-8(21)9(22)11(16,17)12(18,19)10(14,15)7-20/h8-9,20-22H,1-7H2. The molecule has 0 aromatic carbocycles. The highest BCUT2D eigenvalue weighted by Gasteiger charge is 2.74. The zero-order valence-corrected chi connectivity index (χ0v) is 11.6. The molecule has 0 heterocycles. The van der Waals surface area contributed by atoms with Gasteiger partial charge in [0.1, 0.15) is 12.7 Å². The highest BCUT2D eigenvalue weighted by atomic mass is 19.3. The number of unbranched alkanes of at least 4 members (excludes halogenated alkanes) is 3. The zero-order chi connectivity index (χ0) is 17.6. The van der Waals surface area contributed by atoms with Crippen LogP contribution >= 0.6 is 0 Å². The number of rotatable bonds is 11. The van der Waals surface area contributed by atoms with E-state index in [1.807, 2.05) is 0 Å². The summed E-state index contributed by atoms with van der Waals surface area (Å²) in [4.78, 5) is 0. The molecular formula is C12H19F7O3. The Labute approximate surface area is 122 Å². The van der Waals surface area contributed by atoms with E-state index in [1.54, 1.807) is 0 Å². The summed E-state index contributed by atoms with van der Waals surface area (Å²) in [6.07, 6.45) is -5.44. The largest absolute Gasteiger partial charge is 0.390 e. The van der Waals surface area contributed by atoms with Gasteiger partial charge in [-0.3, -0.25) is 4.39 Å². The number of aliphatic hydroxyl groups is 3. The molecule has 0 amide bonds. The number of hydrogen-bond donors (Lipinski definition) is 3. The Morgan fingerprint density at radius 3 is 1.77 bits per heavy atom. The van der Waals surface area contributed by atoms with Gasteiger partial charge < -0.3 is 15.3 Å². The van der Waals surface area contributed by atoms with Gasteiger partial charge in [-0.15, -0.1) is 0 Å². The van der Waals surface area contributed by atoms with Crippen LogP contribution in [0.25, 0.3) is 0 Å². The van der Waals surface area contributed by atoms with Crippen LogP contribution in [0.4, 0.5) is 30.7 Å². The topological polar surface area (TPSA) is 60.7 Å². The summed E-state index contributed by atoms with van der Waals surface area (Å²) >= 11 is 0. The second kappa shape index (κ2) is 8.30. The normalized spacial score (nSPS) is 16.6. The average Bonchev–Trinajstić information content (AvgIpc) is 2.45. The predicted octanol–water partition coefficient (Wildman–Crippen LogP) is 2.53. The van der Waals surface area contributed by atoms with Gasteiger partial charge in [0, 0.05) is 0 Å². The van der Waals surface area contributed by atoms with Gasteiger partial charge in [-0.1, -0.05) is 19.3 Å². The summed E-state index contributed by atoms with van der Waals surface area (Å²) in [5.41, 5.74) is 0. The van der Waals surface area contributed by atoms with Crippen molar-refractivity contribution in [3.63, 3.8) is 0 Å². The molecule has 0 aliphatic rings. The molecule has 0 rings (SSSR count). The van der Waals surface area contributed by atoms with Crippen molar-refractivity contribution in [3.8, 4) is 0 Å². The smallest absolute Gasteiger partial charge is 0.377 e. The van der Waals surface area contributed by atoms with Crippen LogP contribution in [0.2, 0.25) is 0 Å². The summed E-state index contributed by atoms with van der Waals surface area (Å²) in [5.74, 6) is -17.1. The van der Waals surface area contributed by atoms with E-state index in [1.165, 1.54) is 0 Å². The van der Waals surface area contributed by atoms with Gasteiger partial charge >= 0.3 is 17.8 Å². The molecule has 0 saturated carbocycles. The van der Waals surface area contributed by atoms with Crippen molar-refractivity contribution >= 4 is 0 Å². The van der Waals surface area contributed by atoms with Crippen LogP contribution in [0.3, 0.4) is 0 Å². The van der Waals surface area contributed by atoms with Gasteiger partial charge in [0.25, 0.3) is 0 Å². The molecule has 0 aromatic rings. The summed E-state index contributed by atoms with van der Waals surface area (Å²) in [5, 5.41) is 26.5. The summed E-state index contributed by atoms with van der Waals surface area (Å²) in [6.45, 7) is -3.13. The van der Waals surface area contributed by atoms with Crippen molar-refractivity contribution < 1.29 is 46.1 Å². The molecule has 0 saturated heterocycles. The first kappa shape index (κ1) is 21.4. The molecule has 2 unspecified atom stereocenters. The Bertz CT molecular complexity index is 326. The lowest BCUT2D eigenvalue weighted by Crippen LogP contribution is -2.62. The second-order valence-corrected chi connectivity index (χ2v) is 4.96. The number of alkyl halides is 7. The van der Waals surface area contributed by atoms with E-state index in [4.69, 9.17) is 10.2 Å². The summed E-state index contributed by atoms with van der Waals surface area (Å²) in [6, 6.07) is 0. The maximum atomic E-state index is 13.4. The minimum atomic E-state index is -6.04. The lowest BCUT2D eigenvalue weighted by atomic mass is 9.94. The molecule has 0 radical (unpaired) electrons. The molecule has 3 N–H and O–H groups in total. The first-order chi connectivity index (χ1) is 9.95. The third-order valence-electron chi connectivity index (χ3n) is 3.20. The van der Waals surface area contributed by atoms with Gasteiger partial charge in [0.2, 0.25) is 0 Å². The third-order valence-corrected chi connectivity index (χ3v) is 3.20. The molecule has 0 spiro atoms. The van der Waals surface area contributed by atoms with E-state index in [2.05, 4.69) is 0 Å². The Hall–Kier alpha value is -0.610. The molecule has 2 atom stereocenters. The van der Waals surface area contributed by atoms with Gasteiger partial charge in [-0.05, 0) is 12.8 Å². The molecule has 0 bridgehead atoms. The molecule has 0 aliphatic carbocycles. The van der Waals surface area contributed by atoms with E-state index in [9.17, 15) is 35.8 Å². The fraction of sp³-hybridized carbons (Fsp3) is 1.00. The summed E-state index contributed by atoms with van der Waals surface area (Å²) < 4.78 is 90.2. The Kier molecular flexibility index (Phi) is 8.07. The van der Waals surface area contributed by atoms with Crippen molar-refractivity contribution in [2.75, 3.05) is 13.3 Å². The summed E-state index contributed by atoms with van der Waals surface area (Å²) in [7, 11) is 0. The molecule has 134 valence electrons. The van der Waals surface area contributed by atoms with Gasteiger partial charge in [-0.25, -0.2) is 0 Å². The van der Waals surface area contributed by atoms with E-state index in [0.717, 1.165) is 0 Å². The van der Waals surface area contributed by atoms with E-state index < -0.39 is 49.7 Å². The maximum Gasteiger partial charge on any atom is 0.377 e. The first-order valence-corrected chi connectivity index (χ1v) is 6.62. The lowest BCUT2D eigenvalue weighted by Gasteiger charge is -2.36. The van der Waals surface area contributed by atoms with Crippen molar-refractivity contribution in [1.82, 2.24) is 0 Å². The van der Waals surface area contributed by atoms with Crippen molar-refractivity contribution in [3.05, 3.63) is 0 Å². The molecule has 22 heavy (non-hydrogen) atoms. The van der Waals surface area contributed by atoms with Crippen LogP contribution < -0.4 is 0 Å². The van der Waals surface area contributed by atoms with Crippen LogP contribution in [-0.2, 0) is 0 Å². The monoisotopic (exact) mass is 344 g/mol. The quantitative estimate of drug-likeness (QED) is 0.399. The minimum Gasteiger partial charge on any atom is -0.390 e. The molecule has 10 heteroatoms. The van der Waals surface area contributed by atoms with Gasteiger partial charge in [0.05, 0.1) is 12.8 Å². The zero-order valence-electron chi connectivity index (χ0n) is 11.6. The molecular weight excluding hydrogens is 325 g/mol. The van der Waals surface area contributed by atoms with E-state index in [-0.39, 0.29) is 12.8 Å². The van der Waals surface area contributed by atoms with E-state index >= 15 is 0 Å². The molecule has 0 aromatic heterocycles. The minimum absolute atomic E-state index is 0.0241. The van der Waals surface area contributed by atoms with Crippen LogP contribution in [0.15, 0.2) is 0 Å². The fourth-order valence-corrected chi connectivity index (χ4v) is 1.73. The number of halogens is 7. The first-order valence-electron chi connectivity index (χ1n) is 6.62. The van der Waals surface area contributed by atoms with Gasteiger partial charge in [-0.2, -0.15) is 26.3 Å². The van der Waals surface area contributed by atoms with Gasteiger partial charge in [0.15, 0.2) is 0 Å². The lowest BCUT2D eigenvalue weighted by molar-refractivity contribution is -0.345. The van der Waals surface area contributed by atoms with Crippen LogP contribution in [0.5, 0.6) is 0 Å². The Morgan fingerprint density at radius 1 is 0.818 bits per heavy atom. The Balaban J connectivity index is 4.75. The molecule has 3 nitrogen and oxygen atoms in total. The fourth-order valence-electron chi connectivity index (χ4n) is 1.73. The second-order valence-electron chi connectivity index (χ2n) is 4.96. The predicted molar refractivity (Wildman–Crippen MR) is 63.0 cm³/mol. The Morgan fingerprint density at radius 2 is 1.32 bits per heavy atom. The van der Waals surface area contributed by atoms with Crippen molar-refractivity contribution in [2.24, 2.45) is 0 Å². The van der Waals surface area contributed by atoms with Crippen LogP contribution in [0.1, 0.15) is 32.1 Å². The van der Waals surface area contributed by atoms with Crippen LogP contribution in [0, 0.1) is 0 Å². The highest BCUT2D eigenvalue weighted by Crippen LogP contribution is 2.47. The average molecular weight is 344 g/mol. The molecule has 0 fully saturated rings. The molecule has 0 aliphatic heterocycles. The third kappa shape index (κ3) is 4.69. The number of aliphatic hydroxyl groups excluding tert-OH is 3. The van der Waals surface area contributed by atoms with Crippen molar-refractivity contribution in [2.45, 2.75) is 62.1 Å². The van der Waals surface area contributed by atoms with E-state index in [0.29, 0.717) is 12.8 Å². The van der Waals surface area contributed by atoms with Crippen LogP contribution in [-0.4, -0.2) is 58.6 Å². The maximum absolute atomic E-state index is 13.4. The SMILES string of the molecule is OCC(F)(F)C(F)(F)C(F)(F)C(O)C(O)CCCCCCF. The highest BCUT2D eigenvalue weighted by molar-refractivity contribution is 5.01.